The number of carbonyl (C=O) groups is 1. The van der Waals surface area contributed by atoms with Gasteiger partial charge in [-0.05, 0) is 12.1 Å². The maximum absolute atomic E-state index is 12.4. The minimum atomic E-state index is -0.624. The van der Waals surface area contributed by atoms with Gasteiger partial charge in [-0.2, -0.15) is 0 Å². The van der Waals surface area contributed by atoms with Gasteiger partial charge in [-0.3, -0.25) is 9.80 Å². The molecule has 1 aromatic rings. The molecule has 3 rings (SSSR count). The molecular formula is C13H15N3O4. The second-order valence-corrected chi connectivity index (χ2v) is 4.72. The molecule has 0 spiro atoms. The van der Waals surface area contributed by atoms with E-state index in [1.54, 1.807) is 11.0 Å². The van der Waals surface area contributed by atoms with Gasteiger partial charge in [-0.15, -0.1) is 4.91 Å². The molecule has 1 atom stereocenters. The van der Waals surface area contributed by atoms with E-state index < -0.39 is 6.10 Å². The first kappa shape index (κ1) is 12.7. The fourth-order valence-corrected chi connectivity index (χ4v) is 2.34. The summed E-state index contributed by atoms with van der Waals surface area (Å²) in [6, 6.07) is 7.28. The zero-order valence-corrected chi connectivity index (χ0v) is 10.9. The summed E-state index contributed by atoms with van der Waals surface area (Å²) in [6.07, 6.45) is -0.624. The number of para-hydroxylation sites is 2. The number of amides is 1. The highest BCUT2D eigenvalue weighted by atomic mass is 16.6. The molecule has 106 valence electrons. The molecule has 1 fully saturated rings. The van der Waals surface area contributed by atoms with E-state index in [9.17, 15) is 9.70 Å². The lowest BCUT2D eigenvalue weighted by Gasteiger charge is -2.34. The molecule has 20 heavy (non-hydrogen) atoms. The van der Waals surface area contributed by atoms with Crippen LogP contribution in [0.1, 0.15) is 0 Å². The van der Waals surface area contributed by atoms with Crippen LogP contribution in [-0.2, 0) is 4.79 Å². The summed E-state index contributed by atoms with van der Waals surface area (Å²) in [5, 5.41) is 4.29. The van der Waals surface area contributed by atoms with Crippen LogP contribution in [0.25, 0.3) is 0 Å². The van der Waals surface area contributed by atoms with Gasteiger partial charge in [0.15, 0.2) is 11.5 Å². The second-order valence-electron chi connectivity index (χ2n) is 4.72. The molecule has 0 saturated carbocycles. The van der Waals surface area contributed by atoms with Crippen molar-refractivity contribution in [1.29, 1.82) is 0 Å². The van der Waals surface area contributed by atoms with Crippen molar-refractivity contribution in [1.82, 2.24) is 9.91 Å². The van der Waals surface area contributed by atoms with Crippen molar-refractivity contribution in [3.63, 3.8) is 0 Å². The monoisotopic (exact) mass is 277 g/mol. The third kappa shape index (κ3) is 2.38. The zero-order valence-electron chi connectivity index (χ0n) is 10.9. The third-order valence-electron chi connectivity index (χ3n) is 3.47. The lowest BCUT2D eigenvalue weighted by molar-refractivity contribution is -0.143. The summed E-state index contributed by atoms with van der Waals surface area (Å²) in [7, 11) is 0. The molecule has 1 amide bonds. The number of carbonyl (C=O) groups excluding carboxylic acids is 1. The average molecular weight is 277 g/mol. The van der Waals surface area contributed by atoms with Crippen LogP contribution < -0.4 is 9.47 Å². The summed E-state index contributed by atoms with van der Waals surface area (Å²) < 4.78 is 11.2. The van der Waals surface area contributed by atoms with Gasteiger partial charge in [0, 0.05) is 13.1 Å². The Bertz CT molecular complexity index is 514. The van der Waals surface area contributed by atoms with E-state index in [-0.39, 0.29) is 12.5 Å². The second kappa shape index (κ2) is 5.36. The average Bonchev–Trinajstić information content (AvgIpc) is 2.54. The Kier molecular flexibility index (Phi) is 3.41. The number of nitroso groups, excluding NO2 is 1. The largest absolute Gasteiger partial charge is 0.485 e. The molecule has 2 aliphatic rings. The molecule has 7 nitrogen and oxygen atoms in total. The van der Waals surface area contributed by atoms with E-state index in [1.807, 2.05) is 18.2 Å². The Morgan fingerprint density at radius 3 is 2.55 bits per heavy atom. The van der Waals surface area contributed by atoms with E-state index >= 15 is 0 Å². The van der Waals surface area contributed by atoms with E-state index in [4.69, 9.17) is 9.47 Å². The van der Waals surface area contributed by atoms with Crippen LogP contribution in [0.5, 0.6) is 11.5 Å². The smallest absolute Gasteiger partial charge is 0.267 e. The van der Waals surface area contributed by atoms with E-state index in [1.165, 1.54) is 5.01 Å². The zero-order chi connectivity index (χ0) is 13.9. The lowest BCUT2D eigenvalue weighted by Crippen LogP contribution is -2.53. The van der Waals surface area contributed by atoms with E-state index in [0.717, 1.165) is 0 Å². The van der Waals surface area contributed by atoms with Gasteiger partial charge >= 0.3 is 0 Å². The van der Waals surface area contributed by atoms with Gasteiger partial charge in [0.25, 0.3) is 5.91 Å². The predicted octanol–water partition coefficient (Wildman–Crippen LogP) is 0.652. The number of hydrogen-bond donors (Lipinski definition) is 0. The quantitative estimate of drug-likeness (QED) is 0.742. The van der Waals surface area contributed by atoms with Crippen LogP contribution in [0.15, 0.2) is 29.6 Å². The number of fused-ring (bicyclic) bond motifs is 1. The van der Waals surface area contributed by atoms with E-state index in [2.05, 4.69) is 5.29 Å². The molecular weight excluding hydrogens is 262 g/mol. The van der Waals surface area contributed by atoms with Gasteiger partial charge < -0.3 is 14.4 Å². The fourth-order valence-electron chi connectivity index (χ4n) is 2.34. The van der Waals surface area contributed by atoms with Crippen LogP contribution in [0.2, 0.25) is 0 Å². The first-order chi connectivity index (χ1) is 9.78. The first-order valence-electron chi connectivity index (χ1n) is 6.53. The van der Waals surface area contributed by atoms with Crippen molar-refractivity contribution < 1.29 is 14.3 Å². The number of ether oxygens (including phenoxy) is 2. The maximum atomic E-state index is 12.4. The van der Waals surface area contributed by atoms with Crippen molar-refractivity contribution in [2.24, 2.45) is 5.29 Å². The molecule has 0 bridgehead atoms. The SMILES string of the molecule is O=NN1CCN(C(=O)C2COc3ccccc3O2)CC1. The third-order valence-corrected chi connectivity index (χ3v) is 3.47. The minimum absolute atomic E-state index is 0.106. The molecule has 2 aliphatic heterocycles. The highest BCUT2D eigenvalue weighted by molar-refractivity contribution is 5.82. The maximum Gasteiger partial charge on any atom is 0.267 e. The topological polar surface area (TPSA) is 71.4 Å². The highest BCUT2D eigenvalue weighted by Gasteiger charge is 2.32. The Hall–Kier alpha value is -2.31. The number of piperazine rings is 1. The van der Waals surface area contributed by atoms with Crippen LogP contribution in [0, 0.1) is 4.91 Å². The van der Waals surface area contributed by atoms with Gasteiger partial charge in [-0.25, -0.2) is 0 Å². The van der Waals surface area contributed by atoms with Gasteiger partial charge in [0.1, 0.15) is 6.61 Å². The van der Waals surface area contributed by atoms with E-state index in [0.29, 0.717) is 37.7 Å². The summed E-state index contributed by atoms with van der Waals surface area (Å²) in [6.45, 7) is 2.08. The Labute approximate surface area is 116 Å². The molecule has 0 N–H and O–H groups in total. The van der Waals surface area contributed by atoms with Gasteiger partial charge in [0.05, 0.1) is 18.4 Å². The Balaban J connectivity index is 1.63. The highest BCUT2D eigenvalue weighted by Crippen LogP contribution is 2.31. The van der Waals surface area contributed by atoms with Crippen LogP contribution in [0.4, 0.5) is 0 Å². The molecule has 0 aliphatic carbocycles. The number of hydrogen-bond acceptors (Lipinski definition) is 5. The van der Waals surface area contributed by atoms with Crippen molar-refractivity contribution in [2.75, 3.05) is 32.8 Å². The minimum Gasteiger partial charge on any atom is -0.485 e. The molecule has 1 aromatic carbocycles. The predicted molar refractivity (Wildman–Crippen MR) is 70.3 cm³/mol. The summed E-state index contributed by atoms with van der Waals surface area (Å²) in [5.41, 5.74) is 0. The molecule has 0 aromatic heterocycles. The van der Waals surface area contributed by atoms with Crippen molar-refractivity contribution >= 4 is 5.91 Å². The molecule has 0 radical (unpaired) electrons. The number of benzene rings is 1. The summed E-state index contributed by atoms with van der Waals surface area (Å²) >= 11 is 0. The van der Waals surface area contributed by atoms with Crippen molar-refractivity contribution in [3.8, 4) is 11.5 Å². The summed E-state index contributed by atoms with van der Waals surface area (Å²) in [4.78, 5) is 24.4. The fraction of sp³-hybridized carbons (Fsp3) is 0.462. The number of nitrogens with zero attached hydrogens (tertiary/aromatic N) is 3. The molecule has 7 heteroatoms. The Morgan fingerprint density at radius 1 is 1.15 bits per heavy atom. The van der Waals surface area contributed by atoms with Crippen molar-refractivity contribution in [2.45, 2.75) is 6.10 Å². The molecule has 1 saturated heterocycles. The van der Waals surface area contributed by atoms with Crippen LogP contribution >= 0.6 is 0 Å². The standard InChI is InChI=1S/C13H15N3O4/c17-13(15-5-7-16(14-18)8-6-15)12-9-19-10-3-1-2-4-11(10)20-12/h1-4,12H,5-9H2. The molecule has 1 unspecified atom stereocenters. The Morgan fingerprint density at radius 2 is 1.85 bits per heavy atom. The van der Waals surface area contributed by atoms with Gasteiger partial charge in [0.2, 0.25) is 6.10 Å². The van der Waals surface area contributed by atoms with Crippen LogP contribution in [-0.4, -0.2) is 54.7 Å². The molecule has 2 heterocycles. The lowest BCUT2D eigenvalue weighted by atomic mass is 10.2. The first-order valence-corrected chi connectivity index (χ1v) is 6.53. The summed E-state index contributed by atoms with van der Waals surface area (Å²) in [5.74, 6) is 1.14. The normalized spacial score (nSPS) is 21.5. The number of rotatable bonds is 2. The van der Waals surface area contributed by atoms with Crippen molar-refractivity contribution in [3.05, 3.63) is 29.2 Å². The van der Waals surface area contributed by atoms with Crippen LogP contribution in [0.3, 0.4) is 0 Å². The van der Waals surface area contributed by atoms with Gasteiger partial charge in [-0.1, -0.05) is 12.1 Å².